The van der Waals surface area contributed by atoms with Gasteiger partial charge < -0.3 is 4.98 Å². The number of nitrogens with one attached hydrogen (secondary N) is 1. The standard InChI is InChI=1S/C17H19N3OS2/c1-9-11(3)23-17-14(9)16(21)18-15(19-17)10(2)20-6-4-13-12(8-20)5-7-22-13/h5,7,10H,4,6,8H2,1-3H3,(H,18,19,21). The topological polar surface area (TPSA) is 49.0 Å². The van der Waals surface area contributed by atoms with E-state index < -0.39 is 0 Å². The van der Waals surface area contributed by atoms with Gasteiger partial charge in [0.15, 0.2) is 0 Å². The van der Waals surface area contributed by atoms with Gasteiger partial charge in [0.1, 0.15) is 10.7 Å². The van der Waals surface area contributed by atoms with Crippen molar-refractivity contribution in [3.63, 3.8) is 0 Å². The highest BCUT2D eigenvalue weighted by atomic mass is 32.1. The van der Waals surface area contributed by atoms with Crippen LogP contribution < -0.4 is 5.56 Å². The second-order valence-corrected chi connectivity index (χ2v) is 8.38. The van der Waals surface area contributed by atoms with Crippen LogP contribution in [0, 0.1) is 13.8 Å². The predicted molar refractivity (Wildman–Crippen MR) is 96.6 cm³/mol. The number of H-pyrrole nitrogens is 1. The molecule has 1 unspecified atom stereocenters. The third-order valence-electron chi connectivity index (χ3n) is 4.84. The van der Waals surface area contributed by atoms with E-state index in [0.717, 1.165) is 41.1 Å². The Kier molecular flexibility index (Phi) is 3.63. The molecule has 1 N–H and O–H groups in total. The van der Waals surface area contributed by atoms with Crippen molar-refractivity contribution in [3.8, 4) is 0 Å². The fourth-order valence-corrected chi connectivity index (χ4v) is 5.17. The Labute approximate surface area is 142 Å². The van der Waals surface area contributed by atoms with Crippen LogP contribution in [0.1, 0.15) is 39.7 Å². The fourth-order valence-electron chi connectivity index (χ4n) is 3.24. The molecule has 3 aromatic rings. The van der Waals surface area contributed by atoms with Gasteiger partial charge in [-0.15, -0.1) is 22.7 Å². The maximum Gasteiger partial charge on any atom is 0.259 e. The van der Waals surface area contributed by atoms with Gasteiger partial charge in [0.25, 0.3) is 5.56 Å². The molecule has 0 amide bonds. The number of fused-ring (bicyclic) bond motifs is 2. The van der Waals surface area contributed by atoms with Crippen LogP contribution in [0.15, 0.2) is 16.2 Å². The van der Waals surface area contributed by atoms with Gasteiger partial charge in [-0.25, -0.2) is 4.98 Å². The fraction of sp³-hybridized carbons (Fsp3) is 0.412. The van der Waals surface area contributed by atoms with E-state index in [9.17, 15) is 4.79 Å². The van der Waals surface area contributed by atoms with Crippen molar-refractivity contribution < 1.29 is 0 Å². The van der Waals surface area contributed by atoms with E-state index in [0.29, 0.717) is 0 Å². The summed E-state index contributed by atoms with van der Waals surface area (Å²) in [5, 5.41) is 2.92. The number of rotatable bonds is 2. The average molecular weight is 345 g/mol. The number of aryl methyl sites for hydroxylation is 2. The number of hydrogen-bond donors (Lipinski definition) is 1. The van der Waals surface area contributed by atoms with Gasteiger partial charge in [0.05, 0.1) is 11.4 Å². The molecule has 0 saturated carbocycles. The number of aromatic nitrogens is 2. The molecule has 1 aliphatic heterocycles. The van der Waals surface area contributed by atoms with E-state index in [2.05, 4.69) is 28.3 Å². The van der Waals surface area contributed by atoms with Crippen LogP contribution in [0.25, 0.3) is 10.2 Å². The highest BCUT2D eigenvalue weighted by molar-refractivity contribution is 7.18. The van der Waals surface area contributed by atoms with E-state index in [1.807, 2.05) is 25.2 Å². The van der Waals surface area contributed by atoms with Crippen molar-refractivity contribution in [3.05, 3.63) is 48.5 Å². The lowest BCUT2D eigenvalue weighted by molar-refractivity contribution is 0.186. The molecule has 0 radical (unpaired) electrons. The number of nitrogens with zero attached hydrogens (tertiary/aromatic N) is 2. The Morgan fingerprint density at radius 3 is 3.04 bits per heavy atom. The van der Waals surface area contributed by atoms with Gasteiger partial charge in [0.2, 0.25) is 0 Å². The summed E-state index contributed by atoms with van der Waals surface area (Å²) in [5.74, 6) is 0.780. The van der Waals surface area contributed by atoms with Crippen LogP contribution in [-0.2, 0) is 13.0 Å². The smallest absolute Gasteiger partial charge is 0.259 e. The molecule has 23 heavy (non-hydrogen) atoms. The van der Waals surface area contributed by atoms with Gasteiger partial charge in [-0.05, 0) is 49.8 Å². The van der Waals surface area contributed by atoms with Crippen molar-refractivity contribution in [2.45, 2.75) is 39.8 Å². The molecule has 120 valence electrons. The molecule has 0 fully saturated rings. The Hall–Kier alpha value is -1.50. The lowest BCUT2D eigenvalue weighted by Crippen LogP contribution is -2.33. The zero-order valence-corrected chi connectivity index (χ0v) is 15.1. The third-order valence-corrected chi connectivity index (χ3v) is 6.96. The zero-order valence-electron chi connectivity index (χ0n) is 13.5. The molecular weight excluding hydrogens is 326 g/mol. The van der Waals surface area contributed by atoms with E-state index in [1.54, 1.807) is 11.3 Å². The minimum atomic E-state index is -0.00747. The summed E-state index contributed by atoms with van der Waals surface area (Å²) in [4.78, 5) is 26.2. The van der Waals surface area contributed by atoms with Gasteiger partial charge in [0, 0.05) is 22.8 Å². The van der Waals surface area contributed by atoms with Crippen molar-refractivity contribution >= 4 is 32.9 Å². The Balaban J connectivity index is 1.70. The molecule has 0 saturated heterocycles. The molecule has 4 rings (SSSR count). The molecule has 1 atom stereocenters. The molecule has 0 aromatic carbocycles. The molecule has 1 aliphatic rings. The van der Waals surface area contributed by atoms with Crippen LogP contribution in [-0.4, -0.2) is 21.4 Å². The summed E-state index contributed by atoms with van der Waals surface area (Å²) in [7, 11) is 0. The minimum Gasteiger partial charge on any atom is -0.309 e. The quantitative estimate of drug-likeness (QED) is 0.769. The molecule has 3 aromatic heterocycles. The first-order valence-electron chi connectivity index (χ1n) is 7.84. The number of aromatic amines is 1. The zero-order chi connectivity index (χ0) is 16.1. The van der Waals surface area contributed by atoms with Gasteiger partial charge in [-0.1, -0.05) is 0 Å². The van der Waals surface area contributed by atoms with Crippen LogP contribution in [0.4, 0.5) is 0 Å². The van der Waals surface area contributed by atoms with E-state index >= 15 is 0 Å². The minimum absolute atomic E-state index is 0.00747. The molecule has 4 heterocycles. The number of thiophene rings is 2. The first-order valence-corrected chi connectivity index (χ1v) is 9.53. The van der Waals surface area contributed by atoms with Crippen LogP contribution in [0.5, 0.6) is 0 Å². The van der Waals surface area contributed by atoms with Gasteiger partial charge in [-0.2, -0.15) is 0 Å². The molecule has 6 heteroatoms. The SMILES string of the molecule is Cc1sc2nc(C(C)N3CCc4sccc4C3)[nH]c(=O)c2c1C. The summed E-state index contributed by atoms with van der Waals surface area (Å²) in [6, 6.07) is 2.33. The number of hydrogen-bond acceptors (Lipinski definition) is 5. The summed E-state index contributed by atoms with van der Waals surface area (Å²) in [6.07, 6.45) is 1.08. The molecule has 4 nitrogen and oxygen atoms in total. The van der Waals surface area contributed by atoms with Crippen molar-refractivity contribution in [2.24, 2.45) is 0 Å². The predicted octanol–water partition coefficient (Wildman–Crippen LogP) is 3.78. The Morgan fingerprint density at radius 2 is 2.22 bits per heavy atom. The van der Waals surface area contributed by atoms with Crippen LogP contribution in [0.3, 0.4) is 0 Å². The lowest BCUT2D eigenvalue weighted by Gasteiger charge is -2.31. The van der Waals surface area contributed by atoms with E-state index in [4.69, 9.17) is 4.98 Å². The molecule has 0 spiro atoms. The normalized spacial score (nSPS) is 16.7. The maximum atomic E-state index is 12.5. The second-order valence-electron chi connectivity index (χ2n) is 6.18. The van der Waals surface area contributed by atoms with Crippen molar-refractivity contribution in [1.82, 2.24) is 14.9 Å². The highest BCUT2D eigenvalue weighted by Crippen LogP contribution is 2.30. The van der Waals surface area contributed by atoms with Crippen molar-refractivity contribution in [1.29, 1.82) is 0 Å². The Bertz CT molecular complexity index is 937. The summed E-state index contributed by atoms with van der Waals surface area (Å²) in [6.45, 7) is 8.13. The highest BCUT2D eigenvalue weighted by Gasteiger charge is 2.24. The third kappa shape index (κ3) is 2.45. The second kappa shape index (κ2) is 5.54. The lowest BCUT2D eigenvalue weighted by atomic mass is 10.1. The van der Waals surface area contributed by atoms with Crippen LogP contribution >= 0.6 is 22.7 Å². The van der Waals surface area contributed by atoms with E-state index in [1.165, 1.54) is 15.3 Å². The largest absolute Gasteiger partial charge is 0.309 e. The monoisotopic (exact) mass is 345 g/mol. The van der Waals surface area contributed by atoms with Crippen LogP contribution in [0.2, 0.25) is 0 Å². The maximum absolute atomic E-state index is 12.5. The summed E-state index contributed by atoms with van der Waals surface area (Å²) >= 11 is 3.46. The van der Waals surface area contributed by atoms with Gasteiger partial charge >= 0.3 is 0 Å². The van der Waals surface area contributed by atoms with E-state index in [-0.39, 0.29) is 11.6 Å². The first kappa shape index (κ1) is 15.1. The molecule has 0 aliphatic carbocycles. The average Bonchev–Trinajstić information content (AvgIpc) is 3.11. The first-order chi connectivity index (χ1) is 11.0. The molecule has 0 bridgehead atoms. The molecular formula is C17H19N3OS2. The summed E-state index contributed by atoms with van der Waals surface area (Å²) < 4.78 is 0. The Morgan fingerprint density at radius 1 is 1.39 bits per heavy atom. The summed E-state index contributed by atoms with van der Waals surface area (Å²) in [5.41, 5.74) is 2.46. The van der Waals surface area contributed by atoms with Crippen molar-refractivity contribution in [2.75, 3.05) is 6.54 Å². The van der Waals surface area contributed by atoms with Gasteiger partial charge in [-0.3, -0.25) is 9.69 Å².